The molecule has 250 valence electrons. The van der Waals surface area contributed by atoms with Crippen molar-refractivity contribution in [3.63, 3.8) is 0 Å². The van der Waals surface area contributed by atoms with Gasteiger partial charge in [-0.2, -0.15) is 0 Å². The fraction of sp³-hybridized carbons (Fsp3) is 0.800. The highest BCUT2D eigenvalue weighted by Gasteiger charge is 2.13. The van der Waals surface area contributed by atoms with Gasteiger partial charge in [0.1, 0.15) is 0 Å². The van der Waals surface area contributed by atoms with Crippen LogP contribution in [0.15, 0.2) is 24.3 Å². The van der Waals surface area contributed by atoms with Gasteiger partial charge in [-0.15, -0.1) is 0 Å². The van der Waals surface area contributed by atoms with E-state index in [2.05, 4.69) is 45.5 Å². The molecule has 0 fully saturated rings. The molecule has 7 nitrogen and oxygen atoms in total. The quantitative estimate of drug-likeness (QED) is 0.0467. The lowest BCUT2D eigenvalue weighted by molar-refractivity contribution is -0.140. The molecule has 0 aliphatic rings. The Kier molecular flexibility index (Phi) is 30.3. The first-order chi connectivity index (χ1) is 20.9. The molecule has 0 aliphatic carbocycles. The number of carbonyl (C=O) groups is 3. The molecule has 0 saturated heterocycles. The van der Waals surface area contributed by atoms with Crippen LogP contribution in [0.2, 0.25) is 0 Å². The minimum Gasteiger partial charge on any atom is -0.469 e. The molecule has 0 N–H and O–H groups in total. The third-order valence-electron chi connectivity index (χ3n) is 7.48. The summed E-state index contributed by atoms with van der Waals surface area (Å²) in [6.45, 7) is 2.71. The SMILES string of the molecule is COC(=O)C/C=C\CCCCCCCCCCN(CCCCCCCCCC/C=C\CC(=O)OC)C(=O)SCCN(C)C. The highest BCUT2D eigenvalue weighted by atomic mass is 32.2. The highest BCUT2D eigenvalue weighted by Crippen LogP contribution is 2.16. The summed E-state index contributed by atoms with van der Waals surface area (Å²) >= 11 is 1.48. The molecule has 0 heterocycles. The van der Waals surface area contributed by atoms with Gasteiger partial charge in [0.2, 0.25) is 0 Å². The Morgan fingerprint density at radius 2 is 0.907 bits per heavy atom. The van der Waals surface area contributed by atoms with Crippen LogP contribution >= 0.6 is 11.8 Å². The van der Waals surface area contributed by atoms with Crippen LogP contribution < -0.4 is 0 Å². The van der Waals surface area contributed by atoms with Crippen molar-refractivity contribution in [1.82, 2.24) is 9.80 Å². The van der Waals surface area contributed by atoms with Crippen LogP contribution in [0.4, 0.5) is 4.79 Å². The van der Waals surface area contributed by atoms with Crippen molar-refractivity contribution >= 4 is 28.9 Å². The second kappa shape index (κ2) is 31.6. The highest BCUT2D eigenvalue weighted by molar-refractivity contribution is 8.13. The third-order valence-corrected chi connectivity index (χ3v) is 8.37. The fourth-order valence-electron chi connectivity index (χ4n) is 4.71. The number of hydrogen-bond acceptors (Lipinski definition) is 7. The number of unbranched alkanes of at least 4 members (excludes halogenated alkanes) is 16. The second-order valence-corrected chi connectivity index (χ2v) is 12.7. The zero-order valence-electron chi connectivity index (χ0n) is 28.1. The normalized spacial score (nSPS) is 11.6. The summed E-state index contributed by atoms with van der Waals surface area (Å²) in [6, 6.07) is 0. The lowest BCUT2D eigenvalue weighted by Crippen LogP contribution is -2.30. The van der Waals surface area contributed by atoms with E-state index in [0.717, 1.165) is 51.1 Å². The van der Waals surface area contributed by atoms with E-state index in [1.807, 2.05) is 12.2 Å². The third kappa shape index (κ3) is 30.0. The average molecular weight is 625 g/mol. The first kappa shape index (κ1) is 41.2. The van der Waals surface area contributed by atoms with Crippen LogP contribution in [0.25, 0.3) is 0 Å². The van der Waals surface area contributed by atoms with Crippen LogP contribution in [0.5, 0.6) is 0 Å². The van der Waals surface area contributed by atoms with Gasteiger partial charge in [0, 0.05) is 25.4 Å². The molecular formula is C35H64N2O5S. The number of carbonyl (C=O) groups excluding carboxylic acids is 3. The summed E-state index contributed by atoms with van der Waals surface area (Å²) in [7, 11) is 6.95. The summed E-state index contributed by atoms with van der Waals surface area (Å²) in [5.74, 6) is 0.493. The van der Waals surface area contributed by atoms with E-state index in [1.54, 1.807) is 0 Å². The maximum Gasteiger partial charge on any atom is 0.309 e. The average Bonchev–Trinajstić information content (AvgIpc) is 2.99. The van der Waals surface area contributed by atoms with Crippen LogP contribution in [0, 0.1) is 0 Å². The Morgan fingerprint density at radius 1 is 0.535 bits per heavy atom. The predicted molar refractivity (Wildman–Crippen MR) is 183 cm³/mol. The van der Waals surface area contributed by atoms with Crippen molar-refractivity contribution in [3.05, 3.63) is 24.3 Å². The zero-order chi connectivity index (χ0) is 31.8. The maximum atomic E-state index is 12.9. The molecule has 1 amide bonds. The van der Waals surface area contributed by atoms with Gasteiger partial charge in [-0.3, -0.25) is 14.4 Å². The van der Waals surface area contributed by atoms with Gasteiger partial charge in [-0.1, -0.05) is 113 Å². The number of nitrogens with zero attached hydrogens (tertiary/aromatic N) is 2. The van der Waals surface area contributed by atoms with Gasteiger partial charge in [0.15, 0.2) is 0 Å². The fourth-order valence-corrected chi connectivity index (χ4v) is 5.71. The first-order valence-corrected chi connectivity index (χ1v) is 17.9. The molecule has 0 radical (unpaired) electrons. The van der Waals surface area contributed by atoms with Crippen molar-refractivity contribution in [3.8, 4) is 0 Å². The van der Waals surface area contributed by atoms with Gasteiger partial charge in [-0.25, -0.2) is 0 Å². The second-order valence-electron chi connectivity index (χ2n) is 11.6. The summed E-state index contributed by atoms with van der Waals surface area (Å²) in [6.07, 6.45) is 30.4. The molecular weight excluding hydrogens is 560 g/mol. The molecule has 0 rings (SSSR count). The smallest absolute Gasteiger partial charge is 0.309 e. The Balaban J connectivity index is 3.96. The number of thioether (sulfide) groups is 1. The Morgan fingerprint density at radius 3 is 1.28 bits per heavy atom. The molecule has 0 atom stereocenters. The van der Waals surface area contributed by atoms with E-state index in [0.29, 0.717) is 12.8 Å². The number of esters is 2. The molecule has 8 heteroatoms. The van der Waals surface area contributed by atoms with Crippen molar-refractivity contribution in [2.45, 2.75) is 128 Å². The summed E-state index contributed by atoms with van der Waals surface area (Å²) < 4.78 is 9.27. The first-order valence-electron chi connectivity index (χ1n) is 16.9. The van der Waals surface area contributed by atoms with Crippen LogP contribution in [-0.4, -0.2) is 80.7 Å². The Bertz CT molecular complexity index is 694. The van der Waals surface area contributed by atoms with Crippen molar-refractivity contribution in [1.29, 1.82) is 0 Å². The van der Waals surface area contributed by atoms with Crippen LogP contribution in [0.3, 0.4) is 0 Å². The predicted octanol–water partition coefficient (Wildman–Crippen LogP) is 8.96. The molecule has 0 unspecified atom stereocenters. The molecule has 0 saturated carbocycles. The van der Waals surface area contributed by atoms with Gasteiger partial charge in [-0.05, 0) is 52.6 Å². The van der Waals surface area contributed by atoms with E-state index in [9.17, 15) is 14.4 Å². The minimum atomic E-state index is -0.180. The molecule has 0 aromatic carbocycles. The lowest BCUT2D eigenvalue weighted by Gasteiger charge is -2.22. The van der Waals surface area contributed by atoms with Crippen LogP contribution in [-0.2, 0) is 19.1 Å². The molecule has 0 aromatic rings. The van der Waals surface area contributed by atoms with Crippen LogP contribution in [0.1, 0.15) is 128 Å². The van der Waals surface area contributed by atoms with Gasteiger partial charge >= 0.3 is 11.9 Å². The standard InChI is InChI=1S/C35H64N2O5S/c1-36(2)31-32-43-35(40)37(29-25-21-17-13-9-5-7-11-15-19-23-27-33(38)41-3)30-26-22-18-14-10-6-8-12-16-20-24-28-34(39)42-4/h19-20,23-24H,5-18,21-22,25-32H2,1-4H3/b23-19-,24-20-. The van der Waals surface area contributed by atoms with E-state index in [4.69, 9.17) is 0 Å². The maximum absolute atomic E-state index is 12.9. The number of ether oxygens (including phenoxy) is 2. The number of rotatable bonds is 29. The molecule has 43 heavy (non-hydrogen) atoms. The number of hydrogen-bond donors (Lipinski definition) is 0. The number of amides is 1. The van der Waals surface area contributed by atoms with Gasteiger partial charge in [0.05, 0.1) is 27.1 Å². The van der Waals surface area contributed by atoms with Gasteiger partial charge < -0.3 is 19.3 Å². The van der Waals surface area contributed by atoms with E-state index in [1.165, 1.54) is 116 Å². The van der Waals surface area contributed by atoms with E-state index < -0.39 is 0 Å². The summed E-state index contributed by atoms with van der Waals surface area (Å²) in [5, 5.41) is 0.253. The van der Waals surface area contributed by atoms with E-state index in [-0.39, 0.29) is 17.2 Å². The van der Waals surface area contributed by atoms with E-state index >= 15 is 0 Å². The monoisotopic (exact) mass is 624 g/mol. The van der Waals surface area contributed by atoms with Crippen molar-refractivity contribution in [2.24, 2.45) is 0 Å². The lowest BCUT2D eigenvalue weighted by atomic mass is 10.1. The van der Waals surface area contributed by atoms with Crippen molar-refractivity contribution < 1.29 is 23.9 Å². The topological polar surface area (TPSA) is 76.1 Å². The van der Waals surface area contributed by atoms with Crippen molar-refractivity contribution in [2.75, 3.05) is 53.7 Å². The number of methoxy groups -OCH3 is 2. The molecule has 0 aliphatic heterocycles. The Labute approximate surface area is 268 Å². The summed E-state index contributed by atoms with van der Waals surface area (Å²) in [5.41, 5.74) is 0. The molecule has 0 aromatic heterocycles. The zero-order valence-corrected chi connectivity index (χ0v) is 28.9. The summed E-state index contributed by atoms with van der Waals surface area (Å²) in [4.78, 5) is 39.3. The minimum absolute atomic E-state index is 0.180. The van der Waals surface area contributed by atoms with Gasteiger partial charge in [0.25, 0.3) is 5.24 Å². The molecule has 0 bridgehead atoms. The largest absolute Gasteiger partial charge is 0.469 e. The number of allylic oxidation sites excluding steroid dienone is 2. The molecule has 0 spiro atoms. The Hall–Kier alpha value is -1.80.